The fraction of sp³-hybridized carbons (Fsp3) is 0.846. The molecule has 19 heavy (non-hydrogen) atoms. The Balaban J connectivity index is 0.00000324. The van der Waals surface area contributed by atoms with Crippen LogP contribution < -0.4 is 5.32 Å². The lowest BCUT2D eigenvalue weighted by Crippen LogP contribution is -2.60. The van der Waals surface area contributed by atoms with Crippen LogP contribution in [0, 0.1) is 0 Å². The van der Waals surface area contributed by atoms with Crippen molar-refractivity contribution in [3.63, 3.8) is 0 Å². The van der Waals surface area contributed by atoms with Crippen LogP contribution in [0.3, 0.4) is 0 Å². The van der Waals surface area contributed by atoms with E-state index in [1.54, 1.807) is 4.90 Å². The number of hydrogen-bond acceptors (Lipinski definition) is 5. The van der Waals surface area contributed by atoms with Crippen molar-refractivity contribution >= 4 is 12.1 Å². The standard InChI is InChI=1S/C12H22N2O4.CH4/c1-8-6-13-9(10(15)17-5)7-14(8)11(16)18-12(2,3)4;/h8-9,13H,6-7H2,1-5H3;1H4/t8-,9-;/m1./s1. The third-order valence-electron chi connectivity index (χ3n) is 2.68. The Morgan fingerprint density at radius 2 is 1.89 bits per heavy atom. The average Bonchev–Trinajstić information content (AvgIpc) is 2.26. The van der Waals surface area contributed by atoms with Gasteiger partial charge in [0, 0.05) is 12.6 Å². The van der Waals surface area contributed by atoms with Gasteiger partial charge in [-0.25, -0.2) is 4.79 Å². The summed E-state index contributed by atoms with van der Waals surface area (Å²) in [6, 6.07) is -0.500. The topological polar surface area (TPSA) is 67.9 Å². The average molecular weight is 274 g/mol. The molecule has 1 N–H and O–H groups in total. The van der Waals surface area contributed by atoms with Gasteiger partial charge in [0.25, 0.3) is 0 Å². The van der Waals surface area contributed by atoms with Crippen molar-refractivity contribution in [3.8, 4) is 0 Å². The number of methoxy groups -OCH3 is 1. The molecule has 0 aliphatic carbocycles. The van der Waals surface area contributed by atoms with Crippen LogP contribution in [0.4, 0.5) is 4.79 Å². The zero-order valence-electron chi connectivity index (χ0n) is 11.6. The quantitative estimate of drug-likeness (QED) is 0.732. The summed E-state index contributed by atoms with van der Waals surface area (Å²) in [6.45, 7) is 8.16. The van der Waals surface area contributed by atoms with Crippen molar-refractivity contribution < 1.29 is 19.1 Å². The molecule has 1 heterocycles. The molecular weight excluding hydrogens is 248 g/mol. The van der Waals surface area contributed by atoms with E-state index in [-0.39, 0.29) is 26.0 Å². The molecule has 1 amide bonds. The molecule has 0 saturated carbocycles. The van der Waals surface area contributed by atoms with Gasteiger partial charge in [-0.3, -0.25) is 4.79 Å². The van der Waals surface area contributed by atoms with Crippen molar-refractivity contribution in [3.05, 3.63) is 0 Å². The molecule has 1 saturated heterocycles. The molecule has 0 unspecified atom stereocenters. The second kappa shape index (κ2) is 6.75. The molecule has 6 heteroatoms. The number of rotatable bonds is 1. The first-order valence-corrected chi connectivity index (χ1v) is 6.05. The number of nitrogens with zero attached hydrogens (tertiary/aromatic N) is 1. The highest BCUT2D eigenvalue weighted by Crippen LogP contribution is 2.14. The van der Waals surface area contributed by atoms with Gasteiger partial charge in [-0.15, -0.1) is 0 Å². The molecule has 0 bridgehead atoms. The number of carbonyl (C=O) groups is 2. The van der Waals surface area contributed by atoms with Gasteiger partial charge in [0.15, 0.2) is 0 Å². The number of amides is 1. The van der Waals surface area contributed by atoms with Crippen LogP contribution in [-0.4, -0.2) is 54.8 Å². The summed E-state index contributed by atoms with van der Waals surface area (Å²) in [5.41, 5.74) is -0.539. The summed E-state index contributed by atoms with van der Waals surface area (Å²) in [5.74, 6) is -0.365. The lowest BCUT2D eigenvalue weighted by atomic mass is 10.1. The molecule has 0 spiro atoms. The van der Waals surface area contributed by atoms with Crippen LogP contribution in [0.25, 0.3) is 0 Å². The summed E-state index contributed by atoms with van der Waals surface area (Å²) >= 11 is 0. The number of esters is 1. The van der Waals surface area contributed by atoms with Crippen molar-refractivity contribution in [2.75, 3.05) is 20.2 Å². The third-order valence-corrected chi connectivity index (χ3v) is 2.68. The maximum absolute atomic E-state index is 12.0. The summed E-state index contributed by atoms with van der Waals surface area (Å²) in [6.07, 6.45) is -0.398. The van der Waals surface area contributed by atoms with Gasteiger partial charge in [-0.2, -0.15) is 0 Å². The molecule has 1 rings (SSSR count). The first-order valence-electron chi connectivity index (χ1n) is 6.05. The van der Waals surface area contributed by atoms with Crippen molar-refractivity contribution in [1.29, 1.82) is 0 Å². The zero-order chi connectivity index (χ0) is 13.9. The number of nitrogens with one attached hydrogen (secondary N) is 1. The molecule has 0 aromatic carbocycles. The Hall–Kier alpha value is -1.30. The van der Waals surface area contributed by atoms with E-state index in [0.29, 0.717) is 6.54 Å². The van der Waals surface area contributed by atoms with Crippen LogP contribution in [0.2, 0.25) is 0 Å². The first-order chi connectivity index (χ1) is 8.24. The molecule has 1 aliphatic heterocycles. The zero-order valence-corrected chi connectivity index (χ0v) is 11.6. The molecule has 0 aromatic rings. The highest BCUT2D eigenvalue weighted by molar-refractivity contribution is 5.77. The minimum atomic E-state index is -0.539. The van der Waals surface area contributed by atoms with Gasteiger partial charge in [0.1, 0.15) is 11.6 Å². The molecule has 1 aliphatic rings. The Labute approximate surface area is 115 Å². The SMILES string of the molecule is C.COC(=O)[C@H]1CN(C(=O)OC(C)(C)C)[C@H](C)CN1. The Morgan fingerprint density at radius 1 is 1.32 bits per heavy atom. The van der Waals surface area contributed by atoms with Gasteiger partial charge in [0.05, 0.1) is 13.7 Å². The highest BCUT2D eigenvalue weighted by Gasteiger charge is 2.34. The third kappa shape index (κ3) is 5.06. The van der Waals surface area contributed by atoms with Crippen LogP contribution in [-0.2, 0) is 14.3 Å². The minimum absolute atomic E-state index is 0. The summed E-state index contributed by atoms with van der Waals surface area (Å²) in [4.78, 5) is 25.0. The molecule has 112 valence electrons. The van der Waals surface area contributed by atoms with Crippen LogP contribution in [0.15, 0.2) is 0 Å². The molecular formula is C13H26N2O4. The number of carbonyl (C=O) groups excluding carboxylic acids is 2. The molecule has 1 fully saturated rings. The number of piperazine rings is 1. The predicted molar refractivity (Wildman–Crippen MR) is 72.9 cm³/mol. The van der Waals surface area contributed by atoms with Crippen molar-refractivity contribution in [2.24, 2.45) is 0 Å². The van der Waals surface area contributed by atoms with Crippen molar-refractivity contribution in [1.82, 2.24) is 10.2 Å². The fourth-order valence-electron chi connectivity index (χ4n) is 1.74. The maximum Gasteiger partial charge on any atom is 0.410 e. The van der Waals surface area contributed by atoms with Gasteiger partial charge < -0.3 is 19.7 Å². The van der Waals surface area contributed by atoms with E-state index in [9.17, 15) is 9.59 Å². The first kappa shape index (κ1) is 17.7. The molecule has 0 aromatic heterocycles. The molecule has 6 nitrogen and oxygen atoms in total. The molecule has 0 radical (unpaired) electrons. The Morgan fingerprint density at radius 3 is 2.37 bits per heavy atom. The van der Waals surface area contributed by atoms with Gasteiger partial charge in [-0.1, -0.05) is 7.43 Å². The van der Waals surface area contributed by atoms with Crippen LogP contribution >= 0.6 is 0 Å². The summed E-state index contributed by atoms with van der Waals surface area (Å²) < 4.78 is 9.99. The number of hydrogen-bond donors (Lipinski definition) is 1. The fourth-order valence-corrected chi connectivity index (χ4v) is 1.74. The largest absolute Gasteiger partial charge is 0.468 e. The van der Waals surface area contributed by atoms with E-state index in [1.165, 1.54) is 7.11 Å². The van der Waals surface area contributed by atoms with Gasteiger partial charge in [0.2, 0.25) is 0 Å². The van der Waals surface area contributed by atoms with Gasteiger partial charge >= 0.3 is 12.1 Å². The maximum atomic E-state index is 12.0. The van der Waals surface area contributed by atoms with Gasteiger partial charge in [-0.05, 0) is 27.7 Å². The summed E-state index contributed by atoms with van der Waals surface area (Å²) in [5, 5.41) is 3.04. The van der Waals surface area contributed by atoms with E-state index in [1.807, 2.05) is 27.7 Å². The lowest BCUT2D eigenvalue weighted by Gasteiger charge is -2.38. The highest BCUT2D eigenvalue weighted by atomic mass is 16.6. The van der Waals surface area contributed by atoms with E-state index < -0.39 is 17.7 Å². The smallest absolute Gasteiger partial charge is 0.410 e. The minimum Gasteiger partial charge on any atom is -0.468 e. The van der Waals surface area contributed by atoms with Crippen LogP contribution in [0.5, 0.6) is 0 Å². The Bertz CT molecular complexity index is 325. The summed E-state index contributed by atoms with van der Waals surface area (Å²) in [7, 11) is 1.33. The second-order valence-corrected chi connectivity index (χ2v) is 5.47. The lowest BCUT2D eigenvalue weighted by molar-refractivity contribution is -0.144. The van der Waals surface area contributed by atoms with Crippen molar-refractivity contribution in [2.45, 2.75) is 52.8 Å². The molecule has 2 atom stereocenters. The van der Waals surface area contributed by atoms with E-state index in [4.69, 9.17) is 4.74 Å². The number of ether oxygens (including phenoxy) is 2. The van der Waals surface area contributed by atoms with E-state index >= 15 is 0 Å². The Kier molecular flexibility index (Phi) is 6.29. The van der Waals surface area contributed by atoms with Crippen LogP contribution in [0.1, 0.15) is 35.1 Å². The second-order valence-electron chi connectivity index (χ2n) is 5.47. The monoisotopic (exact) mass is 274 g/mol. The predicted octanol–water partition coefficient (Wildman–Crippen LogP) is 1.39. The van der Waals surface area contributed by atoms with E-state index in [2.05, 4.69) is 10.1 Å². The van der Waals surface area contributed by atoms with E-state index in [0.717, 1.165) is 0 Å². The normalized spacial score (nSPS) is 23.3.